The van der Waals surface area contributed by atoms with E-state index in [1.165, 1.54) is 2.88 Å². The lowest BCUT2D eigenvalue weighted by Crippen LogP contribution is -2.49. The van der Waals surface area contributed by atoms with Crippen LogP contribution in [0.25, 0.3) is 11.4 Å². The minimum absolute atomic E-state index is 0.489. The van der Waals surface area contributed by atoms with Gasteiger partial charge in [-0.15, -0.1) is 16.4 Å². The second-order valence-corrected chi connectivity index (χ2v) is 7.23. The van der Waals surface area contributed by atoms with Gasteiger partial charge in [0.2, 0.25) is 5.95 Å². The van der Waals surface area contributed by atoms with Gasteiger partial charge in [0, 0.05) is 36.6 Å². The number of anilines is 1. The van der Waals surface area contributed by atoms with Crippen molar-refractivity contribution in [3.05, 3.63) is 14.3 Å². The van der Waals surface area contributed by atoms with Crippen molar-refractivity contribution in [3.63, 3.8) is 0 Å². The number of aromatic nitrogens is 3. The largest absolute Gasteiger partial charge is 0.337 e. The lowest BCUT2D eigenvalue weighted by Gasteiger charge is -2.30. The van der Waals surface area contributed by atoms with E-state index in [2.05, 4.69) is 66.4 Å². The summed E-state index contributed by atoms with van der Waals surface area (Å²) in [5.41, 5.74) is 1.12. The normalized spacial score (nSPS) is 20.3. The number of H-pyrrole nitrogens is 1. The van der Waals surface area contributed by atoms with Crippen molar-refractivity contribution in [2.75, 3.05) is 24.5 Å². The Kier molecular flexibility index (Phi) is 3.53. The van der Waals surface area contributed by atoms with Gasteiger partial charge in [0.1, 0.15) is 0 Å². The summed E-state index contributed by atoms with van der Waals surface area (Å²) in [6.45, 7) is 5.09. The predicted octanol–water partition coefficient (Wildman–Crippen LogP) is 1.94. The topological polar surface area (TPSA) is 56.8 Å². The Morgan fingerprint density at radius 3 is 3.17 bits per heavy atom. The molecule has 1 fully saturated rings. The van der Waals surface area contributed by atoms with Crippen LogP contribution in [0.1, 0.15) is 6.92 Å². The average Bonchev–Trinajstić information content (AvgIpc) is 2.97. The van der Waals surface area contributed by atoms with Crippen molar-refractivity contribution in [2.24, 2.45) is 0 Å². The standard InChI is InChI=1S/C11H14IN5S/c1-7-5-17(3-2-13-7)11-14-10(15-16-11)8-4-9(12)18-6-8/h4,6-7,13H,2-3,5H2,1H3,(H,14,15,16)/t7-/m0/s1. The Labute approximate surface area is 123 Å². The first kappa shape index (κ1) is 12.4. The number of aromatic amines is 1. The lowest BCUT2D eigenvalue weighted by atomic mass is 10.2. The van der Waals surface area contributed by atoms with Crippen LogP contribution in [0.5, 0.6) is 0 Å². The Hall–Kier alpha value is -0.670. The third-order valence-corrected chi connectivity index (χ3v) is 4.76. The molecule has 0 radical (unpaired) electrons. The average molecular weight is 375 g/mol. The van der Waals surface area contributed by atoms with Crippen molar-refractivity contribution >= 4 is 39.9 Å². The molecule has 0 unspecified atom stereocenters. The fourth-order valence-electron chi connectivity index (χ4n) is 2.07. The molecule has 5 nitrogen and oxygen atoms in total. The summed E-state index contributed by atoms with van der Waals surface area (Å²) < 4.78 is 1.26. The molecule has 0 spiro atoms. The summed E-state index contributed by atoms with van der Waals surface area (Å²) in [4.78, 5) is 6.81. The molecule has 0 aliphatic carbocycles. The summed E-state index contributed by atoms with van der Waals surface area (Å²) in [5.74, 6) is 1.66. The molecule has 1 atom stereocenters. The smallest absolute Gasteiger partial charge is 0.245 e. The highest BCUT2D eigenvalue weighted by Crippen LogP contribution is 2.25. The molecule has 1 aliphatic rings. The van der Waals surface area contributed by atoms with Gasteiger partial charge >= 0.3 is 0 Å². The van der Waals surface area contributed by atoms with Crippen LogP contribution in [0.4, 0.5) is 5.95 Å². The molecule has 96 valence electrons. The first-order valence-electron chi connectivity index (χ1n) is 5.87. The van der Waals surface area contributed by atoms with Gasteiger partial charge in [0.05, 0.1) is 2.88 Å². The molecule has 0 aromatic carbocycles. The molecule has 1 saturated heterocycles. The minimum Gasteiger partial charge on any atom is -0.337 e. The van der Waals surface area contributed by atoms with E-state index in [-0.39, 0.29) is 0 Å². The van der Waals surface area contributed by atoms with E-state index >= 15 is 0 Å². The van der Waals surface area contributed by atoms with Gasteiger partial charge in [0.15, 0.2) is 5.82 Å². The molecule has 1 aliphatic heterocycles. The van der Waals surface area contributed by atoms with E-state index in [1.807, 2.05) is 0 Å². The minimum atomic E-state index is 0.489. The first-order chi connectivity index (χ1) is 8.72. The summed E-state index contributed by atoms with van der Waals surface area (Å²) in [6.07, 6.45) is 0. The Morgan fingerprint density at radius 1 is 1.56 bits per heavy atom. The SMILES string of the molecule is C[C@H]1CN(c2n[nH]c(-c3csc(I)c3)n2)CCN1. The number of hydrogen-bond donors (Lipinski definition) is 2. The van der Waals surface area contributed by atoms with Crippen molar-refractivity contribution in [2.45, 2.75) is 13.0 Å². The molecule has 0 bridgehead atoms. The van der Waals surface area contributed by atoms with Crippen molar-refractivity contribution in [1.29, 1.82) is 0 Å². The quantitative estimate of drug-likeness (QED) is 0.788. The number of hydrogen-bond acceptors (Lipinski definition) is 5. The zero-order valence-electron chi connectivity index (χ0n) is 9.98. The lowest BCUT2D eigenvalue weighted by molar-refractivity contribution is 0.480. The number of rotatable bonds is 2. The van der Waals surface area contributed by atoms with Crippen LogP contribution in [0.15, 0.2) is 11.4 Å². The van der Waals surface area contributed by atoms with Gasteiger partial charge < -0.3 is 10.2 Å². The second-order valence-electron chi connectivity index (χ2n) is 4.42. The van der Waals surface area contributed by atoms with Crippen LogP contribution in [-0.2, 0) is 0 Å². The second kappa shape index (κ2) is 5.14. The van der Waals surface area contributed by atoms with Gasteiger partial charge in [0.25, 0.3) is 0 Å². The maximum absolute atomic E-state index is 4.59. The fraction of sp³-hybridized carbons (Fsp3) is 0.455. The molecule has 3 rings (SSSR count). The molecule has 2 aromatic heterocycles. The van der Waals surface area contributed by atoms with Gasteiger partial charge in [-0.25, -0.2) is 0 Å². The van der Waals surface area contributed by atoms with E-state index in [9.17, 15) is 0 Å². The summed E-state index contributed by atoms with van der Waals surface area (Å²) in [6, 6.07) is 2.61. The summed E-state index contributed by atoms with van der Waals surface area (Å²) in [5, 5.41) is 12.9. The van der Waals surface area contributed by atoms with Crippen molar-refractivity contribution in [3.8, 4) is 11.4 Å². The molecule has 18 heavy (non-hydrogen) atoms. The number of nitrogens with one attached hydrogen (secondary N) is 2. The number of piperazine rings is 1. The van der Waals surface area contributed by atoms with Crippen LogP contribution in [0.3, 0.4) is 0 Å². The number of nitrogens with zero attached hydrogens (tertiary/aromatic N) is 3. The van der Waals surface area contributed by atoms with E-state index in [0.29, 0.717) is 6.04 Å². The van der Waals surface area contributed by atoms with Crippen LogP contribution < -0.4 is 10.2 Å². The fourth-order valence-corrected chi connectivity index (χ4v) is 3.40. The molecule has 2 aromatic rings. The highest BCUT2D eigenvalue weighted by atomic mass is 127. The molecule has 0 amide bonds. The van der Waals surface area contributed by atoms with Crippen molar-refractivity contribution in [1.82, 2.24) is 20.5 Å². The monoisotopic (exact) mass is 375 g/mol. The summed E-state index contributed by atoms with van der Waals surface area (Å²) in [7, 11) is 0. The first-order valence-corrected chi connectivity index (χ1v) is 7.83. The van der Waals surface area contributed by atoms with E-state index < -0.39 is 0 Å². The Morgan fingerprint density at radius 2 is 2.44 bits per heavy atom. The van der Waals surface area contributed by atoms with Gasteiger partial charge in [-0.3, -0.25) is 5.10 Å². The summed E-state index contributed by atoms with van der Waals surface area (Å²) >= 11 is 4.04. The maximum atomic E-state index is 4.59. The molecular formula is C11H14IN5S. The third kappa shape index (κ3) is 2.52. The van der Waals surface area contributed by atoms with E-state index in [1.54, 1.807) is 11.3 Å². The molecular weight excluding hydrogens is 361 g/mol. The number of halogens is 1. The maximum Gasteiger partial charge on any atom is 0.245 e. The zero-order chi connectivity index (χ0) is 12.5. The van der Waals surface area contributed by atoms with Crippen LogP contribution >= 0.6 is 33.9 Å². The number of thiophene rings is 1. The van der Waals surface area contributed by atoms with Crippen molar-refractivity contribution < 1.29 is 0 Å². The van der Waals surface area contributed by atoms with Gasteiger partial charge in [-0.1, -0.05) is 0 Å². The van der Waals surface area contributed by atoms with Crippen LogP contribution in [-0.4, -0.2) is 40.9 Å². The van der Waals surface area contributed by atoms with Crippen LogP contribution in [0, 0.1) is 2.88 Å². The third-order valence-electron chi connectivity index (χ3n) is 2.97. The van der Waals surface area contributed by atoms with Gasteiger partial charge in [-0.2, -0.15) is 4.98 Å². The van der Waals surface area contributed by atoms with E-state index in [4.69, 9.17) is 0 Å². The Balaban J connectivity index is 1.80. The Bertz CT molecular complexity index is 537. The highest BCUT2D eigenvalue weighted by Gasteiger charge is 2.19. The van der Waals surface area contributed by atoms with Gasteiger partial charge in [-0.05, 0) is 35.6 Å². The highest BCUT2D eigenvalue weighted by molar-refractivity contribution is 14.1. The van der Waals surface area contributed by atoms with Crippen LogP contribution in [0.2, 0.25) is 0 Å². The van der Waals surface area contributed by atoms with E-state index in [0.717, 1.165) is 37.0 Å². The molecule has 7 heteroatoms. The molecule has 2 N–H and O–H groups in total. The molecule has 0 saturated carbocycles. The molecule has 3 heterocycles. The predicted molar refractivity (Wildman–Crippen MR) is 82.1 cm³/mol. The zero-order valence-corrected chi connectivity index (χ0v) is 13.0.